The summed E-state index contributed by atoms with van der Waals surface area (Å²) in [6.45, 7) is 6.51. The highest BCUT2D eigenvalue weighted by atomic mass is 35.5. The second kappa shape index (κ2) is 13.3. The summed E-state index contributed by atoms with van der Waals surface area (Å²) in [4.78, 5) is 0. The normalized spacial score (nSPS) is 12.9. The summed E-state index contributed by atoms with van der Waals surface area (Å²) in [7, 11) is 0. The van der Waals surface area contributed by atoms with Crippen molar-refractivity contribution in [3.8, 4) is 0 Å². The lowest BCUT2D eigenvalue weighted by atomic mass is 10.1. The Morgan fingerprint density at radius 3 is 2.00 bits per heavy atom. The molecule has 0 aromatic rings. The van der Waals surface area contributed by atoms with Gasteiger partial charge in [-0.05, 0) is 19.4 Å². The van der Waals surface area contributed by atoms with Crippen LogP contribution in [0.1, 0.15) is 71.6 Å². The molecule has 0 aliphatic carbocycles. The Kier molecular flexibility index (Phi) is 13.5. The third kappa shape index (κ3) is 12.3. The first-order chi connectivity index (χ1) is 7.81. The molecule has 0 rings (SSSR count). The average Bonchev–Trinajstić information content (AvgIpc) is 2.31. The summed E-state index contributed by atoms with van der Waals surface area (Å²) in [6, 6.07) is 0. The molecule has 0 aliphatic rings. The number of hydrogen-bond donors (Lipinski definition) is 1. The first kappa shape index (κ1) is 16.2. The van der Waals surface area contributed by atoms with Crippen LogP contribution in [0.15, 0.2) is 0 Å². The molecule has 0 aromatic heterocycles. The fourth-order valence-corrected chi connectivity index (χ4v) is 1.90. The standard InChI is InChI=1S/C14H30ClN/c1-3-5-6-7-8-9-10-11-12-16-13-14(15)4-2/h14,16H,3-13H2,1-2H3. The van der Waals surface area contributed by atoms with Crippen molar-refractivity contribution in [2.75, 3.05) is 13.1 Å². The van der Waals surface area contributed by atoms with Crippen LogP contribution in [0.4, 0.5) is 0 Å². The van der Waals surface area contributed by atoms with E-state index in [1.54, 1.807) is 0 Å². The third-order valence-corrected chi connectivity index (χ3v) is 3.48. The maximum absolute atomic E-state index is 6.01. The van der Waals surface area contributed by atoms with Crippen LogP contribution in [-0.2, 0) is 0 Å². The molecule has 0 spiro atoms. The van der Waals surface area contributed by atoms with Gasteiger partial charge in [0.05, 0.1) is 0 Å². The molecular formula is C14H30ClN. The van der Waals surface area contributed by atoms with E-state index in [0.29, 0.717) is 5.38 Å². The van der Waals surface area contributed by atoms with E-state index in [-0.39, 0.29) is 0 Å². The molecule has 0 amide bonds. The lowest BCUT2D eigenvalue weighted by Gasteiger charge is -2.08. The van der Waals surface area contributed by atoms with Gasteiger partial charge in [0.15, 0.2) is 0 Å². The van der Waals surface area contributed by atoms with Crippen LogP contribution in [0.25, 0.3) is 0 Å². The van der Waals surface area contributed by atoms with Crippen LogP contribution in [0.3, 0.4) is 0 Å². The largest absolute Gasteiger partial charge is 0.315 e. The van der Waals surface area contributed by atoms with Crippen LogP contribution in [0.2, 0.25) is 0 Å². The SMILES string of the molecule is CCCCCCCCCCNCC(Cl)CC. The third-order valence-electron chi connectivity index (χ3n) is 3.02. The molecule has 1 atom stereocenters. The van der Waals surface area contributed by atoms with Gasteiger partial charge in [0, 0.05) is 11.9 Å². The number of nitrogens with one attached hydrogen (secondary N) is 1. The van der Waals surface area contributed by atoms with Crippen molar-refractivity contribution in [2.45, 2.75) is 77.0 Å². The van der Waals surface area contributed by atoms with E-state index in [9.17, 15) is 0 Å². The fraction of sp³-hybridized carbons (Fsp3) is 1.00. The van der Waals surface area contributed by atoms with Crippen molar-refractivity contribution >= 4 is 11.6 Å². The minimum absolute atomic E-state index is 0.314. The Bertz CT molecular complexity index is 128. The predicted octanol–water partition coefficient (Wildman–Crippen LogP) is 4.73. The van der Waals surface area contributed by atoms with Crippen molar-refractivity contribution in [1.82, 2.24) is 5.32 Å². The van der Waals surface area contributed by atoms with Gasteiger partial charge < -0.3 is 5.32 Å². The first-order valence-corrected chi connectivity index (χ1v) is 7.59. The van der Waals surface area contributed by atoms with Crippen LogP contribution in [0, 0.1) is 0 Å². The molecule has 0 saturated heterocycles. The molecule has 0 aromatic carbocycles. The van der Waals surface area contributed by atoms with Crippen LogP contribution in [0.5, 0.6) is 0 Å². The van der Waals surface area contributed by atoms with Crippen LogP contribution >= 0.6 is 11.6 Å². The minimum Gasteiger partial charge on any atom is -0.315 e. The molecule has 98 valence electrons. The fourth-order valence-electron chi connectivity index (χ4n) is 1.79. The second-order valence-corrected chi connectivity index (χ2v) is 5.30. The highest BCUT2D eigenvalue weighted by molar-refractivity contribution is 6.20. The molecule has 0 aliphatic heterocycles. The summed E-state index contributed by atoms with van der Waals surface area (Å²) in [5.74, 6) is 0. The predicted molar refractivity (Wildman–Crippen MR) is 75.4 cm³/mol. The van der Waals surface area contributed by atoms with Gasteiger partial charge in [-0.2, -0.15) is 0 Å². The number of unbranched alkanes of at least 4 members (excludes halogenated alkanes) is 7. The van der Waals surface area contributed by atoms with Gasteiger partial charge in [0.1, 0.15) is 0 Å². The van der Waals surface area contributed by atoms with Crippen molar-refractivity contribution < 1.29 is 0 Å². The van der Waals surface area contributed by atoms with Gasteiger partial charge in [0.2, 0.25) is 0 Å². The van der Waals surface area contributed by atoms with Gasteiger partial charge in [0.25, 0.3) is 0 Å². The summed E-state index contributed by atoms with van der Waals surface area (Å²) >= 11 is 6.01. The van der Waals surface area contributed by atoms with Crippen molar-refractivity contribution in [2.24, 2.45) is 0 Å². The van der Waals surface area contributed by atoms with E-state index in [4.69, 9.17) is 11.6 Å². The van der Waals surface area contributed by atoms with E-state index >= 15 is 0 Å². The van der Waals surface area contributed by atoms with E-state index in [2.05, 4.69) is 19.2 Å². The van der Waals surface area contributed by atoms with Gasteiger partial charge in [-0.25, -0.2) is 0 Å². The zero-order valence-electron chi connectivity index (χ0n) is 11.2. The number of halogens is 1. The van der Waals surface area contributed by atoms with Gasteiger partial charge in [-0.1, -0.05) is 58.8 Å². The maximum atomic E-state index is 6.01. The summed E-state index contributed by atoms with van der Waals surface area (Å²) in [5, 5.41) is 3.73. The lowest BCUT2D eigenvalue weighted by molar-refractivity contribution is 0.551. The van der Waals surface area contributed by atoms with Gasteiger partial charge in [-0.15, -0.1) is 11.6 Å². The summed E-state index contributed by atoms with van der Waals surface area (Å²) in [6.07, 6.45) is 12.2. The van der Waals surface area contributed by atoms with E-state index in [1.165, 1.54) is 51.4 Å². The highest BCUT2D eigenvalue weighted by Gasteiger charge is 1.98. The van der Waals surface area contributed by atoms with Crippen molar-refractivity contribution in [1.29, 1.82) is 0 Å². The second-order valence-electron chi connectivity index (χ2n) is 4.68. The van der Waals surface area contributed by atoms with Gasteiger partial charge in [-0.3, -0.25) is 0 Å². The van der Waals surface area contributed by atoms with Gasteiger partial charge >= 0.3 is 0 Å². The highest BCUT2D eigenvalue weighted by Crippen LogP contribution is 2.07. The van der Waals surface area contributed by atoms with E-state index < -0.39 is 0 Å². The molecule has 0 radical (unpaired) electrons. The Balaban J connectivity index is 2.93. The molecule has 0 heterocycles. The first-order valence-electron chi connectivity index (χ1n) is 7.16. The maximum Gasteiger partial charge on any atom is 0.0458 e. The molecule has 1 nitrogen and oxygen atoms in total. The Morgan fingerprint density at radius 2 is 1.44 bits per heavy atom. The summed E-state index contributed by atoms with van der Waals surface area (Å²) in [5.41, 5.74) is 0. The quantitative estimate of drug-likeness (QED) is 0.388. The Morgan fingerprint density at radius 1 is 0.875 bits per heavy atom. The van der Waals surface area contributed by atoms with Crippen molar-refractivity contribution in [3.63, 3.8) is 0 Å². The van der Waals surface area contributed by atoms with E-state index in [0.717, 1.165) is 19.5 Å². The average molecular weight is 248 g/mol. The topological polar surface area (TPSA) is 12.0 Å². The molecular weight excluding hydrogens is 218 g/mol. The molecule has 0 bridgehead atoms. The number of hydrogen-bond acceptors (Lipinski definition) is 1. The monoisotopic (exact) mass is 247 g/mol. The van der Waals surface area contributed by atoms with E-state index in [1.807, 2.05) is 0 Å². The molecule has 0 fully saturated rings. The Labute approximate surface area is 107 Å². The minimum atomic E-state index is 0.314. The zero-order valence-corrected chi connectivity index (χ0v) is 12.0. The molecule has 1 unspecified atom stereocenters. The molecule has 16 heavy (non-hydrogen) atoms. The molecule has 0 saturated carbocycles. The van der Waals surface area contributed by atoms with Crippen LogP contribution < -0.4 is 5.32 Å². The zero-order chi connectivity index (χ0) is 12.1. The molecule has 2 heteroatoms. The van der Waals surface area contributed by atoms with Crippen LogP contribution in [-0.4, -0.2) is 18.5 Å². The lowest BCUT2D eigenvalue weighted by Crippen LogP contribution is -2.23. The number of alkyl halides is 1. The Hall–Kier alpha value is 0.250. The summed E-state index contributed by atoms with van der Waals surface area (Å²) < 4.78 is 0. The van der Waals surface area contributed by atoms with Crippen molar-refractivity contribution in [3.05, 3.63) is 0 Å². The smallest absolute Gasteiger partial charge is 0.0458 e. The molecule has 1 N–H and O–H groups in total. The number of rotatable bonds is 12.